The average molecular weight is 424 g/mol. The zero-order valence-electron chi connectivity index (χ0n) is 15.3. The molecule has 1 aliphatic heterocycles. The molecule has 3 rings (SSSR count). The highest BCUT2D eigenvalue weighted by atomic mass is 35.5. The van der Waals surface area contributed by atoms with Crippen molar-refractivity contribution in [2.75, 3.05) is 19.0 Å². The van der Waals surface area contributed by atoms with Gasteiger partial charge in [0, 0.05) is 21.8 Å². The number of carbonyl (C=O) groups excluding carboxylic acids is 1. The van der Waals surface area contributed by atoms with E-state index >= 15 is 4.39 Å². The molecule has 2 atom stereocenters. The largest absolute Gasteiger partial charge is 0.494 e. The van der Waals surface area contributed by atoms with Crippen LogP contribution in [0.15, 0.2) is 36.4 Å². The second kappa shape index (κ2) is 8.86. The molecule has 2 aromatic rings. The van der Waals surface area contributed by atoms with Crippen molar-refractivity contribution in [2.45, 2.75) is 25.6 Å². The van der Waals surface area contributed by atoms with Gasteiger partial charge in [-0.3, -0.25) is 4.79 Å². The fraction of sp³-hybridized carbons (Fsp3) is 0.300. The first-order valence-electron chi connectivity index (χ1n) is 8.68. The molecule has 2 unspecified atom stereocenters. The molecule has 1 heterocycles. The first kappa shape index (κ1) is 20.5. The van der Waals surface area contributed by atoms with Gasteiger partial charge >= 0.3 is 5.97 Å². The Morgan fingerprint density at radius 2 is 2.11 bits per heavy atom. The van der Waals surface area contributed by atoms with Crippen LogP contribution in [0.4, 0.5) is 10.1 Å². The van der Waals surface area contributed by atoms with E-state index in [1.165, 1.54) is 13.2 Å². The van der Waals surface area contributed by atoms with E-state index in [9.17, 15) is 4.79 Å². The molecule has 8 heteroatoms. The van der Waals surface area contributed by atoms with Gasteiger partial charge in [-0.25, -0.2) is 4.39 Å². The third-order valence-electron chi connectivity index (χ3n) is 4.30. The highest BCUT2D eigenvalue weighted by molar-refractivity contribution is 7.80. The number of benzene rings is 2. The fourth-order valence-electron chi connectivity index (χ4n) is 3.02. The van der Waals surface area contributed by atoms with E-state index in [1.807, 2.05) is 0 Å². The highest BCUT2D eigenvalue weighted by Gasteiger charge is 2.33. The monoisotopic (exact) mass is 423 g/mol. The molecule has 1 N–H and O–H groups in total. The van der Waals surface area contributed by atoms with Crippen LogP contribution < -0.4 is 10.1 Å². The summed E-state index contributed by atoms with van der Waals surface area (Å²) in [5, 5.41) is 3.55. The summed E-state index contributed by atoms with van der Waals surface area (Å²) < 4.78 is 31.2. The molecule has 0 fully saturated rings. The van der Waals surface area contributed by atoms with E-state index in [4.69, 9.17) is 38.0 Å². The van der Waals surface area contributed by atoms with Gasteiger partial charge in [0.05, 0.1) is 20.1 Å². The fourth-order valence-corrected chi connectivity index (χ4v) is 3.45. The molecule has 0 saturated carbocycles. The van der Waals surface area contributed by atoms with Gasteiger partial charge in [0.2, 0.25) is 0 Å². The summed E-state index contributed by atoms with van der Waals surface area (Å²) in [6.07, 6.45) is -1.74. The lowest BCUT2D eigenvalue weighted by Crippen LogP contribution is -2.31. The van der Waals surface area contributed by atoms with Gasteiger partial charge in [-0.15, -0.1) is 0 Å². The summed E-state index contributed by atoms with van der Waals surface area (Å²) in [6.45, 7) is 1.96. The zero-order valence-corrected chi connectivity index (χ0v) is 16.9. The summed E-state index contributed by atoms with van der Waals surface area (Å²) in [4.78, 5) is 12.3. The topological polar surface area (TPSA) is 56.8 Å². The Labute approximate surface area is 172 Å². The number of hydrogen-bond donors (Lipinski definition) is 1. The molecule has 2 aromatic carbocycles. The quantitative estimate of drug-likeness (QED) is 0.557. The number of esters is 1. The second-order valence-corrected chi connectivity index (χ2v) is 6.97. The third-order valence-corrected chi connectivity index (χ3v) is 4.90. The Bertz CT molecular complexity index is 908. The maximum Gasteiger partial charge on any atom is 0.308 e. The number of hydrogen-bond acceptors (Lipinski definition) is 5. The number of methoxy groups -OCH3 is 1. The summed E-state index contributed by atoms with van der Waals surface area (Å²) in [6, 6.07) is 9.91. The first-order valence-corrected chi connectivity index (χ1v) is 9.47. The minimum atomic E-state index is -0.851. The van der Waals surface area contributed by atoms with E-state index in [1.54, 1.807) is 37.3 Å². The Hall–Kier alpha value is -2.22. The van der Waals surface area contributed by atoms with Crippen molar-refractivity contribution in [1.82, 2.24) is 0 Å². The molecule has 5 nitrogen and oxygen atoms in total. The third kappa shape index (κ3) is 4.27. The van der Waals surface area contributed by atoms with Crippen LogP contribution in [0.5, 0.6) is 5.75 Å². The van der Waals surface area contributed by atoms with Crippen LogP contribution in [0.1, 0.15) is 30.6 Å². The zero-order chi connectivity index (χ0) is 20.3. The Morgan fingerprint density at radius 1 is 1.32 bits per heavy atom. The molecule has 0 spiro atoms. The number of fused-ring (bicyclic) bond motifs is 1. The molecule has 0 aliphatic carbocycles. The van der Waals surface area contributed by atoms with Gasteiger partial charge in [-0.05, 0) is 31.2 Å². The van der Waals surface area contributed by atoms with Crippen LogP contribution >= 0.6 is 23.8 Å². The van der Waals surface area contributed by atoms with E-state index in [-0.39, 0.29) is 24.3 Å². The van der Waals surface area contributed by atoms with Crippen molar-refractivity contribution in [3.05, 3.63) is 58.4 Å². The lowest BCUT2D eigenvalue weighted by molar-refractivity contribution is -0.145. The van der Waals surface area contributed by atoms with Crippen LogP contribution in [0, 0.1) is 5.82 Å². The minimum Gasteiger partial charge on any atom is -0.494 e. The van der Waals surface area contributed by atoms with Crippen molar-refractivity contribution < 1.29 is 23.4 Å². The van der Waals surface area contributed by atoms with Crippen LogP contribution in [-0.2, 0) is 14.3 Å². The normalized spacial score (nSPS) is 18.6. The Kier molecular flexibility index (Phi) is 6.49. The van der Waals surface area contributed by atoms with Gasteiger partial charge in [0.25, 0.3) is 0 Å². The number of carbonyl (C=O) groups is 1. The number of ether oxygens (including phenoxy) is 3. The van der Waals surface area contributed by atoms with Crippen molar-refractivity contribution in [3.63, 3.8) is 0 Å². The predicted molar refractivity (Wildman–Crippen MR) is 109 cm³/mol. The number of anilines is 1. The van der Waals surface area contributed by atoms with Crippen molar-refractivity contribution in [3.8, 4) is 5.75 Å². The molecule has 0 radical (unpaired) electrons. The smallest absolute Gasteiger partial charge is 0.308 e. The SMILES string of the molecule is CCOC(=O)CC1OC(c2cccc(OC)c2F)c2cc(Cl)ccc2NC1=S. The maximum absolute atomic E-state index is 15.0. The summed E-state index contributed by atoms with van der Waals surface area (Å²) >= 11 is 11.6. The number of halogens is 2. The predicted octanol–water partition coefficient (Wildman–Crippen LogP) is 4.67. The van der Waals surface area contributed by atoms with Gasteiger partial charge < -0.3 is 19.5 Å². The standard InChI is InChI=1S/C20H19ClFNO4S/c1-3-26-17(24)10-16-20(28)23-14-8-7-11(21)9-13(14)19(27-16)12-5-4-6-15(25-2)18(12)22/h4-9,16,19H,3,10H2,1-2H3,(H,23,28). The minimum absolute atomic E-state index is 0.0893. The summed E-state index contributed by atoms with van der Waals surface area (Å²) in [7, 11) is 1.39. The number of rotatable bonds is 5. The molecule has 0 saturated heterocycles. The Morgan fingerprint density at radius 3 is 2.82 bits per heavy atom. The highest BCUT2D eigenvalue weighted by Crippen LogP contribution is 2.40. The van der Waals surface area contributed by atoms with E-state index < -0.39 is 24.0 Å². The van der Waals surface area contributed by atoms with Gasteiger partial charge in [0.15, 0.2) is 11.6 Å². The maximum atomic E-state index is 15.0. The molecule has 0 bridgehead atoms. The summed E-state index contributed by atoms with van der Waals surface area (Å²) in [5.41, 5.74) is 1.49. The molecular weight excluding hydrogens is 405 g/mol. The molecule has 0 amide bonds. The number of thiocarbonyl (C=S) groups is 1. The summed E-state index contributed by atoms with van der Waals surface area (Å²) in [5.74, 6) is -0.916. The first-order chi connectivity index (χ1) is 13.4. The van der Waals surface area contributed by atoms with Crippen molar-refractivity contribution in [1.29, 1.82) is 0 Å². The lowest BCUT2D eigenvalue weighted by Gasteiger charge is -2.23. The van der Waals surface area contributed by atoms with Gasteiger partial charge in [-0.1, -0.05) is 36.0 Å². The van der Waals surface area contributed by atoms with E-state index in [0.717, 1.165) is 0 Å². The lowest BCUT2D eigenvalue weighted by atomic mass is 9.99. The van der Waals surface area contributed by atoms with Crippen LogP contribution in [-0.4, -0.2) is 30.8 Å². The van der Waals surface area contributed by atoms with Crippen LogP contribution in [0.3, 0.4) is 0 Å². The molecule has 1 aliphatic rings. The van der Waals surface area contributed by atoms with Crippen molar-refractivity contribution >= 4 is 40.5 Å². The van der Waals surface area contributed by atoms with E-state index in [0.29, 0.717) is 21.3 Å². The average Bonchev–Trinajstić information content (AvgIpc) is 2.79. The van der Waals surface area contributed by atoms with Crippen LogP contribution in [0.2, 0.25) is 5.02 Å². The van der Waals surface area contributed by atoms with Gasteiger partial charge in [0.1, 0.15) is 17.2 Å². The second-order valence-electron chi connectivity index (χ2n) is 6.10. The van der Waals surface area contributed by atoms with Gasteiger partial charge in [-0.2, -0.15) is 0 Å². The molecular formula is C20H19ClFNO4S. The molecule has 0 aromatic heterocycles. The van der Waals surface area contributed by atoms with Crippen molar-refractivity contribution in [2.24, 2.45) is 0 Å². The van der Waals surface area contributed by atoms with E-state index in [2.05, 4.69) is 5.32 Å². The number of nitrogens with one attached hydrogen (secondary N) is 1. The van der Waals surface area contributed by atoms with Crippen LogP contribution in [0.25, 0.3) is 0 Å². The Balaban J connectivity index is 2.08. The molecule has 28 heavy (non-hydrogen) atoms. The molecule has 148 valence electrons.